The molecule has 8 nitrogen and oxygen atoms in total. The summed E-state index contributed by atoms with van der Waals surface area (Å²) in [6, 6.07) is 20.7. The van der Waals surface area contributed by atoms with Gasteiger partial charge in [-0.1, -0.05) is 48.5 Å². The number of nitrogens with one attached hydrogen (secondary N) is 1. The second-order valence-corrected chi connectivity index (χ2v) is 8.58. The van der Waals surface area contributed by atoms with Gasteiger partial charge in [0, 0.05) is 5.56 Å². The molecule has 0 saturated carbocycles. The number of aryl methyl sites for hydroxylation is 2. The lowest BCUT2D eigenvalue weighted by Crippen LogP contribution is -2.54. The number of hydrogen-bond donors (Lipinski definition) is 1. The molecule has 1 atom stereocenters. The number of anilines is 1. The maximum absolute atomic E-state index is 13.5. The van der Waals surface area contributed by atoms with Crippen molar-refractivity contribution in [3.63, 3.8) is 0 Å². The van der Waals surface area contributed by atoms with E-state index in [0.717, 1.165) is 32.2 Å². The monoisotopic (exact) mass is 485 g/mol. The van der Waals surface area contributed by atoms with Crippen LogP contribution in [0.15, 0.2) is 72.8 Å². The van der Waals surface area contributed by atoms with Gasteiger partial charge >= 0.3 is 6.09 Å². The number of carbonyl (C=O) groups is 4. The molecule has 4 rings (SSSR count). The molecule has 3 aromatic rings. The summed E-state index contributed by atoms with van der Waals surface area (Å²) in [7, 11) is 0. The zero-order chi connectivity index (χ0) is 25.8. The van der Waals surface area contributed by atoms with Crippen LogP contribution >= 0.6 is 0 Å². The molecule has 1 N–H and O–H groups in total. The molecule has 184 valence electrons. The Hall–Kier alpha value is -4.46. The minimum absolute atomic E-state index is 0.0753. The topological polar surface area (TPSA) is 96.0 Å². The number of ether oxygens (including phenoxy) is 1. The van der Waals surface area contributed by atoms with Crippen molar-refractivity contribution in [2.75, 3.05) is 11.5 Å². The molecule has 1 heterocycles. The van der Waals surface area contributed by atoms with Crippen LogP contribution in [0, 0.1) is 13.8 Å². The maximum atomic E-state index is 13.5. The Morgan fingerprint density at radius 1 is 0.944 bits per heavy atom. The zero-order valence-electron chi connectivity index (χ0n) is 20.4. The third kappa shape index (κ3) is 5.12. The average molecular weight is 486 g/mol. The van der Waals surface area contributed by atoms with Crippen LogP contribution in [0.2, 0.25) is 0 Å². The minimum atomic E-state index is -1.22. The number of carbonyl (C=O) groups excluding carboxylic acids is 4. The van der Waals surface area contributed by atoms with Crippen molar-refractivity contribution in [1.82, 2.24) is 10.4 Å². The average Bonchev–Trinajstić information content (AvgIpc) is 3.15. The quantitative estimate of drug-likeness (QED) is 0.427. The second-order valence-electron chi connectivity index (χ2n) is 8.58. The van der Waals surface area contributed by atoms with E-state index in [1.54, 1.807) is 43.3 Å². The van der Waals surface area contributed by atoms with Gasteiger partial charge in [-0.25, -0.2) is 20.1 Å². The fourth-order valence-electron chi connectivity index (χ4n) is 4.28. The Kier molecular flexibility index (Phi) is 7.15. The molecular formula is C28H27N3O5. The molecule has 1 fully saturated rings. The highest BCUT2D eigenvalue weighted by Gasteiger charge is 2.45. The number of hydrazine groups is 1. The van der Waals surface area contributed by atoms with Gasteiger partial charge in [0.1, 0.15) is 6.04 Å². The fourth-order valence-corrected chi connectivity index (χ4v) is 4.28. The van der Waals surface area contributed by atoms with Crippen LogP contribution < -0.4 is 10.3 Å². The third-order valence-corrected chi connectivity index (χ3v) is 5.84. The fraction of sp³-hybridized carbons (Fsp3) is 0.214. The highest BCUT2D eigenvalue weighted by atomic mass is 16.6. The van der Waals surface area contributed by atoms with Crippen molar-refractivity contribution in [3.8, 4) is 11.1 Å². The largest absolute Gasteiger partial charge is 0.449 e. The smallest absolute Gasteiger partial charge is 0.426 e. The summed E-state index contributed by atoms with van der Waals surface area (Å²) in [5.74, 6) is -1.69. The molecule has 0 aliphatic carbocycles. The molecule has 3 aromatic carbocycles. The summed E-state index contributed by atoms with van der Waals surface area (Å²) in [4.78, 5) is 53.2. The molecule has 0 spiro atoms. The third-order valence-electron chi connectivity index (χ3n) is 5.84. The number of nitrogens with zero attached hydrogens (tertiary/aromatic N) is 2. The number of benzene rings is 3. The Morgan fingerprint density at radius 2 is 1.56 bits per heavy atom. The lowest BCUT2D eigenvalue weighted by atomic mass is 10.0. The first kappa shape index (κ1) is 24.7. The highest BCUT2D eigenvalue weighted by Crippen LogP contribution is 2.28. The first-order chi connectivity index (χ1) is 17.3. The first-order valence-electron chi connectivity index (χ1n) is 11.7. The summed E-state index contributed by atoms with van der Waals surface area (Å²) in [6.45, 7) is 5.44. The van der Waals surface area contributed by atoms with Gasteiger partial charge in [-0.15, -0.1) is 0 Å². The summed E-state index contributed by atoms with van der Waals surface area (Å²) in [5, 5.41) is 0.901. The number of hydrogen-bond acceptors (Lipinski definition) is 5. The summed E-state index contributed by atoms with van der Waals surface area (Å²) < 4.78 is 4.95. The van der Waals surface area contributed by atoms with Gasteiger partial charge in [-0.2, -0.15) is 0 Å². The van der Waals surface area contributed by atoms with Gasteiger partial charge in [0.15, 0.2) is 0 Å². The van der Waals surface area contributed by atoms with Gasteiger partial charge in [0.25, 0.3) is 11.8 Å². The van der Waals surface area contributed by atoms with Crippen molar-refractivity contribution in [1.29, 1.82) is 0 Å². The van der Waals surface area contributed by atoms with Crippen molar-refractivity contribution in [3.05, 3.63) is 89.5 Å². The molecule has 0 aromatic heterocycles. The van der Waals surface area contributed by atoms with Crippen LogP contribution in [0.3, 0.4) is 0 Å². The van der Waals surface area contributed by atoms with Gasteiger partial charge in [-0.05, 0) is 67.3 Å². The lowest BCUT2D eigenvalue weighted by molar-refractivity contribution is -0.122. The Morgan fingerprint density at radius 3 is 2.17 bits per heavy atom. The van der Waals surface area contributed by atoms with E-state index in [0.29, 0.717) is 5.69 Å². The second kappa shape index (κ2) is 10.4. The zero-order valence-corrected chi connectivity index (χ0v) is 20.4. The van der Waals surface area contributed by atoms with E-state index < -0.39 is 29.9 Å². The molecule has 8 heteroatoms. The molecule has 0 bridgehead atoms. The van der Waals surface area contributed by atoms with E-state index >= 15 is 0 Å². The van der Waals surface area contributed by atoms with Crippen molar-refractivity contribution >= 4 is 29.5 Å². The Bertz CT molecular complexity index is 1280. The van der Waals surface area contributed by atoms with Gasteiger partial charge in [0.2, 0.25) is 5.91 Å². The molecule has 0 radical (unpaired) electrons. The van der Waals surface area contributed by atoms with E-state index in [1.807, 2.05) is 50.2 Å². The Labute approximate surface area is 209 Å². The molecule has 36 heavy (non-hydrogen) atoms. The van der Waals surface area contributed by atoms with Crippen LogP contribution in [0.1, 0.15) is 34.8 Å². The lowest BCUT2D eigenvalue weighted by Gasteiger charge is -2.27. The van der Waals surface area contributed by atoms with Crippen molar-refractivity contribution in [2.24, 2.45) is 0 Å². The maximum Gasteiger partial charge on any atom is 0.426 e. The number of imide groups is 1. The predicted molar refractivity (Wildman–Crippen MR) is 135 cm³/mol. The van der Waals surface area contributed by atoms with Crippen LogP contribution in [0.4, 0.5) is 10.5 Å². The SMILES string of the molecule is CCOC(=O)NN(C(=O)c1ccc(-c2ccccc2)cc1)C1CC(=O)N(c2cc(C)cc(C)c2)C1=O. The number of rotatable bonds is 5. The minimum Gasteiger partial charge on any atom is -0.449 e. The van der Waals surface area contributed by atoms with Gasteiger partial charge in [0.05, 0.1) is 18.7 Å². The highest BCUT2D eigenvalue weighted by molar-refractivity contribution is 6.23. The summed E-state index contributed by atoms with van der Waals surface area (Å²) in [6.07, 6.45) is -1.16. The van der Waals surface area contributed by atoms with Crippen molar-refractivity contribution in [2.45, 2.75) is 33.2 Å². The van der Waals surface area contributed by atoms with Gasteiger partial charge in [-0.3, -0.25) is 14.4 Å². The normalized spacial score (nSPS) is 15.1. The summed E-state index contributed by atoms with van der Waals surface area (Å²) >= 11 is 0. The predicted octanol–water partition coefficient (Wildman–Crippen LogP) is 4.41. The van der Waals surface area contributed by atoms with E-state index in [-0.39, 0.29) is 18.6 Å². The van der Waals surface area contributed by atoms with Crippen LogP contribution in [-0.4, -0.2) is 41.5 Å². The van der Waals surface area contributed by atoms with E-state index in [4.69, 9.17) is 4.74 Å². The van der Waals surface area contributed by atoms with Crippen LogP contribution in [-0.2, 0) is 14.3 Å². The van der Waals surface area contributed by atoms with Gasteiger partial charge < -0.3 is 4.74 Å². The standard InChI is InChI=1S/C28H27N3O5/c1-4-36-28(35)29-31(26(33)22-12-10-21(11-13-22)20-8-6-5-7-9-20)24-17-25(32)30(27(24)34)23-15-18(2)14-19(3)16-23/h5-16,24H,4,17H2,1-3H3,(H,29,35). The molecule has 1 saturated heterocycles. The molecule has 1 aliphatic heterocycles. The number of amides is 4. The van der Waals surface area contributed by atoms with E-state index in [2.05, 4.69) is 5.43 Å². The van der Waals surface area contributed by atoms with E-state index in [9.17, 15) is 19.2 Å². The molecule has 1 aliphatic rings. The Balaban J connectivity index is 1.64. The van der Waals surface area contributed by atoms with Crippen LogP contribution in [0.25, 0.3) is 11.1 Å². The van der Waals surface area contributed by atoms with E-state index in [1.165, 1.54) is 0 Å². The van der Waals surface area contributed by atoms with Crippen molar-refractivity contribution < 1.29 is 23.9 Å². The molecular weight excluding hydrogens is 458 g/mol. The van der Waals surface area contributed by atoms with Crippen LogP contribution in [0.5, 0.6) is 0 Å². The first-order valence-corrected chi connectivity index (χ1v) is 11.7. The summed E-state index contributed by atoms with van der Waals surface area (Å²) in [5.41, 5.74) is 6.73. The molecule has 1 unspecified atom stereocenters. The molecule has 4 amide bonds.